The number of aryl methyl sites for hydroxylation is 2. The number of carbonyl (C=O) groups excluding carboxylic acids is 1. The van der Waals surface area contributed by atoms with E-state index in [-0.39, 0.29) is 18.6 Å². The number of hydrogen-bond donors (Lipinski definition) is 2. The van der Waals surface area contributed by atoms with Crippen molar-refractivity contribution in [2.24, 2.45) is 0 Å². The maximum Gasteiger partial charge on any atom is 0.251 e. The van der Waals surface area contributed by atoms with Gasteiger partial charge in [0.2, 0.25) is 0 Å². The summed E-state index contributed by atoms with van der Waals surface area (Å²) in [5.74, 6) is -0.0617. The predicted molar refractivity (Wildman–Crippen MR) is 69.2 cm³/mol. The molecule has 3 nitrogen and oxygen atoms in total. The first-order valence-corrected chi connectivity index (χ1v) is 6.07. The van der Waals surface area contributed by atoms with Crippen LogP contribution in [-0.2, 0) is 0 Å². The van der Waals surface area contributed by atoms with Crippen LogP contribution in [0.1, 0.15) is 41.3 Å². The van der Waals surface area contributed by atoms with E-state index in [0.29, 0.717) is 12.0 Å². The maximum atomic E-state index is 12.0. The van der Waals surface area contributed by atoms with E-state index in [9.17, 15) is 4.79 Å². The topological polar surface area (TPSA) is 49.3 Å². The molecule has 1 unspecified atom stereocenters. The highest BCUT2D eigenvalue weighted by molar-refractivity contribution is 5.94. The minimum absolute atomic E-state index is 0.0501. The monoisotopic (exact) mass is 235 g/mol. The third-order valence-electron chi connectivity index (χ3n) is 3.07. The fraction of sp³-hybridized carbons (Fsp3) is 0.500. The molecule has 0 aliphatic carbocycles. The van der Waals surface area contributed by atoms with Gasteiger partial charge in [0, 0.05) is 18.2 Å². The Morgan fingerprint density at radius 1 is 1.35 bits per heavy atom. The molecule has 17 heavy (non-hydrogen) atoms. The summed E-state index contributed by atoms with van der Waals surface area (Å²) >= 11 is 0. The molecule has 1 aromatic carbocycles. The lowest BCUT2D eigenvalue weighted by Crippen LogP contribution is -2.35. The number of aliphatic hydroxyl groups excluding tert-OH is 1. The largest absolute Gasteiger partial charge is 0.396 e. The van der Waals surface area contributed by atoms with E-state index in [1.54, 1.807) is 0 Å². The van der Waals surface area contributed by atoms with Crippen molar-refractivity contribution < 1.29 is 9.90 Å². The molecular weight excluding hydrogens is 214 g/mol. The molecule has 1 amide bonds. The fourth-order valence-electron chi connectivity index (χ4n) is 1.69. The average molecular weight is 235 g/mol. The molecule has 0 bridgehead atoms. The van der Waals surface area contributed by atoms with Crippen molar-refractivity contribution in [1.29, 1.82) is 0 Å². The summed E-state index contributed by atoms with van der Waals surface area (Å²) in [5.41, 5.74) is 2.99. The van der Waals surface area contributed by atoms with Crippen molar-refractivity contribution in [2.45, 2.75) is 39.7 Å². The van der Waals surface area contributed by atoms with Crippen LogP contribution in [-0.4, -0.2) is 23.7 Å². The molecule has 0 saturated heterocycles. The zero-order valence-corrected chi connectivity index (χ0v) is 10.8. The van der Waals surface area contributed by atoms with Crippen LogP contribution in [0.2, 0.25) is 0 Å². The Bertz CT molecular complexity index is 388. The number of benzene rings is 1. The van der Waals surface area contributed by atoms with Gasteiger partial charge >= 0.3 is 0 Å². The van der Waals surface area contributed by atoms with Crippen LogP contribution in [0.4, 0.5) is 0 Å². The van der Waals surface area contributed by atoms with Crippen LogP contribution in [0.3, 0.4) is 0 Å². The zero-order valence-electron chi connectivity index (χ0n) is 10.8. The lowest BCUT2D eigenvalue weighted by Gasteiger charge is -2.16. The van der Waals surface area contributed by atoms with Crippen molar-refractivity contribution in [3.63, 3.8) is 0 Å². The third-order valence-corrected chi connectivity index (χ3v) is 3.07. The minimum Gasteiger partial charge on any atom is -0.396 e. The number of rotatable bonds is 5. The smallest absolute Gasteiger partial charge is 0.251 e. The second kappa shape index (κ2) is 6.40. The molecule has 1 aromatic rings. The fourth-order valence-corrected chi connectivity index (χ4v) is 1.69. The molecule has 0 aromatic heterocycles. The van der Waals surface area contributed by atoms with Gasteiger partial charge in [-0.25, -0.2) is 0 Å². The van der Waals surface area contributed by atoms with Crippen molar-refractivity contribution in [3.05, 3.63) is 34.9 Å². The van der Waals surface area contributed by atoms with Crippen LogP contribution in [0.15, 0.2) is 18.2 Å². The van der Waals surface area contributed by atoms with Crippen molar-refractivity contribution >= 4 is 5.91 Å². The predicted octanol–water partition coefficient (Wildman–Crippen LogP) is 2.19. The molecule has 94 valence electrons. The average Bonchev–Trinajstić information content (AvgIpc) is 2.31. The van der Waals surface area contributed by atoms with Crippen molar-refractivity contribution in [2.75, 3.05) is 6.61 Å². The Kier molecular flexibility index (Phi) is 5.16. The van der Waals surface area contributed by atoms with Gasteiger partial charge in [-0.15, -0.1) is 0 Å². The number of amides is 1. The van der Waals surface area contributed by atoms with Gasteiger partial charge in [-0.05, 0) is 49.9 Å². The maximum absolute atomic E-state index is 12.0. The molecule has 0 heterocycles. The number of hydrogen-bond acceptors (Lipinski definition) is 2. The van der Waals surface area contributed by atoms with Gasteiger partial charge in [-0.2, -0.15) is 0 Å². The van der Waals surface area contributed by atoms with Gasteiger partial charge in [-0.1, -0.05) is 13.0 Å². The Morgan fingerprint density at radius 3 is 2.59 bits per heavy atom. The van der Waals surface area contributed by atoms with E-state index < -0.39 is 0 Å². The van der Waals surface area contributed by atoms with Gasteiger partial charge < -0.3 is 10.4 Å². The molecule has 2 N–H and O–H groups in total. The molecule has 1 rings (SSSR count). The molecule has 3 heteroatoms. The standard InChI is InChI=1S/C14H21NO2/c1-4-13(7-8-16)15-14(17)12-6-5-10(2)11(3)9-12/h5-6,9,13,16H,4,7-8H2,1-3H3,(H,15,17). The summed E-state index contributed by atoms with van der Waals surface area (Å²) < 4.78 is 0. The van der Waals surface area contributed by atoms with Gasteiger partial charge in [0.25, 0.3) is 5.91 Å². The quantitative estimate of drug-likeness (QED) is 0.822. The minimum atomic E-state index is -0.0617. The summed E-state index contributed by atoms with van der Waals surface area (Å²) in [7, 11) is 0. The van der Waals surface area contributed by atoms with Crippen LogP contribution < -0.4 is 5.32 Å². The van der Waals surface area contributed by atoms with Gasteiger partial charge in [-0.3, -0.25) is 4.79 Å². The Morgan fingerprint density at radius 2 is 2.06 bits per heavy atom. The van der Waals surface area contributed by atoms with Crippen molar-refractivity contribution in [1.82, 2.24) is 5.32 Å². The normalized spacial score (nSPS) is 12.2. The van der Waals surface area contributed by atoms with E-state index in [1.165, 1.54) is 5.56 Å². The summed E-state index contributed by atoms with van der Waals surface area (Å²) in [5, 5.41) is 11.8. The van der Waals surface area contributed by atoms with Crippen LogP contribution in [0, 0.1) is 13.8 Å². The molecule has 0 saturated carbocycles. The van der Waals surface area contributed by atoms with Crippen LogP contribution in [0.25, 0.3) is 0 Å². The first-order valence-electron chi connectivity index (χ1n) is 6.07. The van der Waals surface area contributed by atoms with E-state index in [4.69, 9.17) is 5.11 Å². The molecule has 0 spiro atoms. The molecule has 0 radical (unpaired) electrons. The summed E-state index contributed by atoms with van der Waals surface area (Å²) in [4.78, 5) is 12.0. The Hall–Kier alpha value is -1.35. The lowest BCUT2D eigenvalue weighted by atomic mass is 10.1. The van der Waals surface area contributed by atoms with Gasteiger partial charge in [0.15, 0.2) is 0 Å². The highest BCUT2D eigenvalue weighted by Gasteiger charge is 2.11. The van der Waals surface area contributed by atoms with Gasteiger partial charge in [0.05, 0.1) is 0 Å². The molecule has 0 aliphatic heterocycles. The second-order valence-corrected chi connectivity index (χ2v) is 4.39. The van der Waals surface area contributed by atoms with Crippen LogP contribution >= 0.6 is 0 Å². The summed E-state index contributed by atoms with van der Waals surface area (Å²) in [6.45, 7) is 6.13. The highest BCUT2D eigenvalue weighted by Crippen LogP contribution is 2.10. The molecule has 0 aliphatic rings. The number of nitrogens with one attached hydrogen (secondary N) is 1. The van der Waals surface area contributed by atoms with Gasteiger partial charge in [0.1, 0.15) is 0 Å². The first-order chi connectivity index (χ1) is 8.08. The first kappa shape index (κ1) is 13.7. The Labute approximate surface area is 103 Å². The molecular formula is C14H21NO2. The van der Waals surface area contributed by atoms with E-state index >= 15 is 0 Å². The summed E-state index contributed by atoms with van der Waals surface area (Å²) in [6.07, 6.45) is 1.43. The zero-order chi connectivity index (χ0) is 12.8. The highest BCUT2D eigenvalue weighted by atomic mass is 16.3. The molecule has 0 fully saturated rings. The number of carbonyl (C=O) groups is 1. The Balaban J connectivity index is 2.72. The second-order valence-electron chi connectivity index (χ2n) is 4.39. The van der Waals surface area contributed by atoms with Crippen LogP contribution in [0.5, 0.6) is 0 Å². The molecule has 1 atom stereocenters. The third kappa shape index (κ3) is 3.86. The lowest BCUT2D eigenvalue weighted by molar-refractivity contribution is 0.0929. The van der Waals surface area contributed by atoms with E-state index in [0.717, 1.165) is 12.0 Å². The summed E-state index contributed by atoms with van der Waals surface area (Å²) in [6, 6.07) is 5.74. The van der Waals surface area contributed by atoms with Crippen molar-refractivity contribution in [3.8, 4) is 0 Å². The SMILES string of the molecule is CCC(CCO)NC(=O)c1ccc(C)c(C)c1. The van der Waals surface area contributed by atoms with E-state index in [1.807, 2.05) is 39.0 Å². The van der Waals surface area contributed by atoms with E-state index in [2.05, 4.69) is 5.32 Å². The number of aliphatic hydroxyl groups is 1.